The van der Waals surface area contributed by atoms with Crippen molar-refractivity contribution < 1.29 is 4.74 Å². The highest BCUT2D eigenvalue weighted by Crippen LogP contribution is 2.13. The summed E-state index contributed by atoms with van der Waals surface area (Å²) >= 11 is 0. The Bertz CT molecular complexity index is 363. The van der Waals surface area contributed by atoms with Gasteiger partial charge in [0, 0.05) is 0 Å². The van der Waals surface area contributed by atoms with Crippen LogP contribution in [0, 0.1) is 11.3 Å². The standard InChI is InChI=1S/C13H16N2O/c14-9-2-1-4-12-5-7-13(8-6-12)16-11-3-10-15/h1,4-8H,2-3,9,11,14H2. The summed E-state index contributed by atoms with van der Waals surface area (Å²) in [6, 6.07) is 9.80. The van der Waals surface area contributed by atoms with Crippen LogP contribution in [-0.2, 0) is 0 Å². The first kappa shape index (κ1) is 12.3. The van der Waals surface area contributed by atoms with Gasteiger partial charge in [-0.2, -0.15) is 5.26 Å². The highest BCUT2D eigenvalue weighted by molar-refractivity contribution is 5.50. The van der Waals surface area contributed by atoms with E-state index in [1.165, 1.54) is 0 Å². The van der Waals surface area contributed by atoms with Crippen molar-refractivity contribution in [1.82, 2.24) is 0 Å². The maximum atomic E-state index is 8.36. The van der Waals surface area contributed by atoms with E-state index in [9.17, 15) is 0 Å². The molecule has 3 nitrogen and oxygen atoms in total. The molecule has 0 aliphatic heterocycles. The minimum atomic E-state index is 0.415. The van der Waals surface area contributed by atoms with Crippen LogP contribution in [0.2, 0.25) is 0 Å². The normalized spacial score (nSPS) is 10.2. The lowest BCUT2D eigenvalue weighted by Crippen LogP contribution is -1.95. The van der Waals surface area contributed by atoms with Crippen molar-refractivity contribution in [3.63, 3.8) is 0 Å². The van der Waals surface area contributed by atoms with Gasteiger partial charge < -0.3 is 10.5 Å². The van der Waals surface area contributed by atoms with Gasteiger partial charge in [-0.05, 0) is 30.7 Å². The van der Waals surface area contributed by atoms with Crippen LogP contribution in [-0.4, -0.2) is 13.2 Å². The van der Waals surface area contributed by atoms with E-state index in [1.807, 2.05) is 42.5 Å². The van der Waals surface area contributed by atoms with Gasteiger partial charge in [0.15, 0.2) is 0 Å². The summed E-state index contributed by atoms with van der Waals surface area (Å²) in [5, 5.41) is 8.36. The summed E-state index contributed by atoms with van der Waals surface area (Å²) < 4.78 is 5.36. The number of nitrogens with zero attached hydrogens (tertiary/aromatic N) is 1. The van der Waals surface area contributed by atoms with Gasteiger partial charge in [-0.3, -0.25) is 0 Å². The fourth-order valence-electron chi connectivity index (χ4n) is 1.21. The van der Waals surface area contributed by atoms with Gasteiger partial charge in [0.25, 0.3) is 0 Å². The molecule has 1 aromatic carbocycles. The molecule has 0 spiro atoms. The molecule has 1 aromatic rings. The Morgan fingerprint density at radius 3 is 2.69 bits per heavy atom. The average Bonchev–Trinajstić information content (AvgIpc) is 2.32. The van der Waals surface area contributed by atoms with Crippen LogP contribution in [0.1, 0.15) is 18.4 Å². The van der Waals surface area contributed by atoms with Crippen molar-refractivity contribution in [1.29, 1.82) is 5.26 Å². The third-order valence-electron chi connectivity index (χ3n) is 2.01. The molecule has 0 aromatic heterocycles. The lowest BCUT2D eigenvalue weighted by molar-refractivity contribution is 0.326. The van der Waals surface area contributed by atoms with Crippen LogP contribution in [0.3, 0.4) is 0 Å². The van der Waals surface area contributed by atoms with E-state index in [0.717, 1.165) is 17.7 Å². The number of benzene rings is 1. The second-order valence-electron chi connectivity index (χ2n) is 3.31. The number of nitrogens with two attached hydrogens (primary N) is 1. The van der Waals surface area contributed by atoms with E-state index < -0.39 is 0 Å². The summed E-state index contributed by atoms with van der Waals surface area (Å²) in [7, 11) is 0. The molecule has 2 N–H and O–H groups in total. The zero-order valence-electron chi connectivity index (χ0n) is 9.23. The van der Waals surface area contributed by atoms with Gasteiger partial charge in [-0.1, -0.05) is 24.3 Å². The summed E-state index contributed by atoms with van der Waals surface area (Å²) in [6.07, 6.45) is 5.38. The van der Waals surface area contributed by atoms with E-state index in [-0.39, 0.29) is 0 Å². The zero-order valence-corrected chi connectivity index (χ0v) is 9.23. The largest absolute Gasteiger partial charge is 0.493 e. The predicted octanol–water partition coefficient (Wildman–Crippen LogP) is 2.34. The van der Waals surface area contributed by atoms with Crippen molar-refractivity contribution in [2.24, 2.45) is 5.73 Å². The van der Waals surface area contributed by atoms with Gasteiger partial charge in [-0.15, -0.1) is 0 Å². The van der Waals surface area contributed by atoms with Gasteiger partial charge in [0.1, 0.15) is 12.4 Å². The maximum Gasteiger partial charge on any atom is 0.119 e. The first-order valence-corrected chi connectivity index (χ1v) is 5.33. The number of rotatable bonds is 6. The SMILES string of the molecule is N#CCCOc1ccc(C=CCCN)cc1. The monoisotopic (exact) mass is 216 g/mol. The van der Waals surface area contributed by atoms with E-state index in [0.29, 0.717) is 19.6 Å². The molecule has 0 heterocycles. The summed E-state index contributed by atoms with van der Waals surface area (Å²) in [5.74, 6) is 0.797. The lowest BCUT2D eigenvalue weighted by atomic mass is 10.2. The fraction of sp³-hybridized carbons (Fsp3) is 0.308. The van der Waals surface area contributed by atoms with E-state index in [1.54, 1.807) is 0 Å². The van der Waals surface area contributed by atoms with Crippen LogP contribution < -0.4 is 10.5 Å². The molecular formula is C13H16N2O. The highest BCUT2D eigenvalue weighted by Gasteiger charge is 1.92. The molecule has 0 radical (unpaired) electrons. The molecule has 0 unspecified atom stereocenters. The Kier molecular flexibility index (Phi) is 5.75. The zero-order chi connectivity index (χ0) is 11.6. The third-order valence-corrected chi connectivity index (χ3v) is 2.01. The molecule has 0 amide bonds. The predicted molar refractivity (Wildman–Crippen MR) is 64.9 cm³/mol. The number of hydrogen-bond donors (Lipinski definition) is 1. The molecule has 0 saturated heterocycles. The summed E-state index contributed by atoms with van der Waals surface area (Å²) in [5.41, 5.74) is 6.51. The Labute approximate surface area is 96.1 Å². The van der Waals surface area contributed by atoms with Crippen LogP contribution in [0.25, 0.3) is 6.08 Å². The fourth-order valence-corrected chi connectivity index (χ4v) is 1.21. The maximum absolute atomic E-state index is 8.36. The van der Waals surface area contributed by atoms with Crippen molar-refractivity contribution >= 4 is 6.08 Å². The molecule has 0 bridgehead atoms. The van der Waals surface area contributed by atoms with E-state index in [2.05, 4.69) is 0 Å². The molecule has 0 aliphatic carbocycles. The van der Waals surface area contributed by atoms with Crippen molar-refractivity contribution in [2.45, 2.75) is 12.8 Å². The highest BCUT2D eigenvalue weighted by atomic mass is 16.5. The average molecular weight is 216 g/mol. The Morgan fingerprint density at radius 2 is 2.06 bits per heavy atom. The smallest absolute Gasteiger partial charge is 0.119 e. The molecule has 1 rings (SSSR count). The topological polar surface area (TPSA) is 59.0 Å². The second kappa shape index (κ2) is 7.49. The van der Waals surface area contributed by atoms with Gasteiger partial charge in [-0.25, -0.2) is 0 Å². The summed E-state index contributed by atoms with van der Waals surface area (Å²) in [6.45, 7) is 1.12. The minimum Gasteiger partial charge on any atom is -0.493 e. The van der Waals surface area contributed by atoms with Gasteiger partial charge >= 0.3 is 0 Å². The second-order valence-corrected chi connectivity index (χ2v) is 3.31. The van der Waals surface area contributed by atoms with Crippen LogP contribution >= 0.6 is 0 Å². The molecule has 3 heteroatoms. The minimum absolute atomic E-state index is 0.415. The molecule has 0 saturated carbocycles. The Balaban J connectivity index is 2.45. The third kappa shape index (κ3) is 4.63. The van der Waals surface area contributed by atoms with Crippen molar-refractivity contribution in [3.8, 4) is 11.8 Å². The molecular weight excluding hydrogens is 200 g/mol. The molecule has 84 valence electrons. The first-order chi connectivity index (χ1) is 7.86. The van der Waals surface area contributed by atoms with Crippen molar-refractivity contribution in [3.05, 3.63) is 35.9 Å². The van der Waals surface area contributed by atoms with Gasteiger partial charge in [0.2, 0.25) is 0 Å². The molecule has 0 atom stereocenters. The van der Waals surface area contributed by atoms with Crippen LogP contribution in [0.4, 0.5) is 0 Å². The number of ether oxygens (including phenoxy) is 1. The molecule has 0 fully saturated rings. The number of hydrogen-bond acceptors (Lipinski definition) is 3. The van der Waals surface area contributed by atoms with Gasteiger partial charge in [0.05, 0.1) is 12.5 Å². The quantitative estimate of drug-likeness (QED) is 0.742. The number of nitriles is 1. The summed E-state index contributed by atoms with van der Waals surface area (Å²) in [4.78, 5) is 0. The van der Waals surface area contributed by atoms with Crippen LogP contribution in [0.5, 0.6) is 5.75 Å². The van der Waals surface area contributed by atoms with E-state index in [4.69, 9.17) is 15.7 Å². The van der Waals surface area contributed by atoms with E-state index >= 15 is 0 Å². The van der Waals surface area contributed by atoms with Crippen LogP contribution in [0.15, 0.2) is 30.3 Å². The lowest BCUT2D eigenvalue weighted by Gasteiger charge is -2.03. The Hall–Kier alpha value is -1.79. The molecule has 0 aliphatic rings. The van der Waals surface area contributed by atoms with Crippen molar-refractivity contribution in [2.75, 3.05) is 13.2 Å². The Morgan fingerprint density at radius 1 is 1.31 bits per heavy atom. The first-order valence-electron chi connectivity index (χ1n) is 5.33. The molecule has 16 heavy (non-hydrogen) atoms.